The Balaban J connectivity index is 0.00000361. The summed E-state index contributed by atoms with van der Waals surface area (Å²) >= 11 is 0. The van der Waals surface area contributed by atoms with Crippen molar-refractivity contribution in [3.63, 3.8) is 0 Å². The van der Waals surface area contributed by atoms with Gasteiger partial charge in [0.2, 0.25) is 0 Å². The maximum absolute atomic E-state index is 6.81. The molecule has 1 heterocycles. The van der Waals surface area contributed by atoms with Crippen LogP contribution >= 0.6 is 0 Å². The second-order valence-electron chi connectivity index (χ2n) is 7.72. The van der Waals surface area contributed by atoms with E-state index >= 15 is 0 Å². The van der Waals surface area contributed by atoms with Crippen LogP contribution in [0.1, 0.15) is 60.3 Å². The van der Waals surface area contributed by atoms with E-state index in [4.69, 9.17) is 12.6 Å². The third-order valence-corrected chi connectivity index (χ3v) is 4.80. The zero-order chi connectivity index (χ0) is 14.7. The predicted molar refractivity (Wildman–Crippen MR) is 84.4 cm³/mol. The van der Waals surface area contributed by atoms with E-state index in [-0.39, 0.29) is 43.4 Å². The summed E-state index contributed by atoms with van der Waals surface area (Å²) < 4.78 is 5.90. The van der Waals surface area contributed by atoms with Gasteiger partial charge in [-0.25, -0.2) is 0 Å². The summed E-state index contributed by atoms with van der Waals surface area (Å²) in [6.07, 6.45) is 4.36. The van der Waals surface area contributed by atoms with Crippen molar-refractivity contribution in [2.45, 2.75) is 65.6 Å². The van der Waals surface area contributed by atoms with Crippen LogP contribution in [0.15, 0.2) is 0 Å². The maximum Gasteiger partial charge on any atom is 0.0751 e. The van der Waals surface area contributed by atoms with E-state index in [1.165, 1.54) is 6.42 Å². The van der Waals surface area contributed by atoms with Crippen molar-refractivity contribution in [2.24, 2.45) is 23.2 Å². The summed E-state index contributed by atoms with van der Waals surface area (Å²) in [4.78, 5) is 0. The third-order valence-electron chi connectivity index (χ3n) is 4.80. The van der Waals surface area contributed by atoms with Gasteiger partial charge < -0.3 is 11.7 Å². The molecule has 1 aliphatic rings. The number of rotatable bonds is 6. The van der Waals surface area contributed by atoms with Gasteiger partial charge in [-0.2, -0.15) is 6.42 Å². The zero-order valence-electron chi connectivity index (χ0n) is 14.2. The Morgan fingerprint density at radius 2 is 2.00 bits per heavy atom. The van der Waals surface area contributed by atoms with E-state index in [0.29, 0.717) is 17.8 Å². The Labute approximate surface area is 153 Å². The Bertz CT molecular complexity index is 276. The Hall–Kier alpha value is 1.13. The molecule has 1 nitrogen and oxygen atoms in total. The standard InChI is InChI=1S/C17H32BO.Y/c1-7-14(4)9-16(6,18)17(8-13(2)3)10-15(5)11-19-12-17;/h13-15H,1,7-12H2,2-6H3;/q-1;. The van der Waals surface area contributed by atoms with Crippen LogP contribution in [-0.2, 0) is 37.4 Å². The summed E-state index contributed by atoms with van der Waals surface area (Å²) in [5.74, 6) is 1.86. The Morgan fingerprint density at radius 1 is 1.40 bits per heavy atom. The van der Waals surface area contributed by atoms with Crippen LogP contribution in [0.25, 0.3) is 0 Å². The molecule has 0 bridgehead atoms. The topological polar surface area (TPSA) is 9.23 Å². The first-order valence-corrected chi connectivity index (χ1v) is 7.88. The normalized spacial score (nSPS) is 31.4. The van der Waals surface area contributed by atoms with Crippen LogP contribution in [-0.4, -0.2) is 21.1 Å². The van der Waals surface area contributed by atoms with Gasteiger partial charge in [-0.1, -0.05) is 52.3 Å². The van der Waals surface area contributed by atoms with Crippen molar-refractivity contribution >= 4 is 7.85 Å². The second kappa shape index (κ2) is 8.68. The van der Waals surface area contributed by atoms with Gasteiger partial charge in [0.25, 0.3) is 0 Å². The first-order valence-electron chi connectivity index (χ1n) is 7.88. The molecule has 1 aliphatic heterocycles. The van der Waals surface area contributed by atoms with Gasteiger partial charge in [-0.3, -0.25) is 0 Å². The summed E-state index contributed by atoms with van der Waals surface area (Å²) in [6, 6.07) is 0. The van der Waals surface area contributed by atoms with Crippen molar-refractivity contribution in [2.75, 3.05) is 13.2 Å². The van der Waals surface area contributed by atoms with Gasteiger partial charge in [0, 0.05) is 39.3 Å². The molecule has 0 spiro atoms. The summed E-state index contributed by atoms with van der Waals surface area (Å²) in [5.41, 5.74) is 0.127. The summed E-state index contributed by atoms with van der Waals surface area (Å²) in [6.45, 7) is 17.1. The fourth-order valence-corrected chi connectivity index (χ4v) is 3.84. The van der Waals surface area contributed by atoms with E-state index in [0.717, 1.165) is 32.5 Å². The van der Waals surface area contributed by atoms with Crippen LogP contribution in [0.5, 0.6) is 0 Å². The SMILES string of the molecule is [B]C(C)(CC(C)C[CH2-])C1(CC(C)C)COCC(C)C1.[Y]. The fraction of sp³-hybridized carbons (Fsp3) is 0.941. The molecule has 0 amide bonds. The number of hydrogen-bond donors (Lipinski definition) is 0. The molecule has 4 atom stereocenters. The monoisotopic (exact) mass is 352 g/mol. The van der Waals surface area contributed by atoms with Crippen LogP contribution in [0.3, 0.4) is 0 Å². The minimum Gasteiger partial charge on any atom is -0.381 e. The van der Waals surface area contributed by atoms with E-state index < -0.39 is 0 Å². The molecular formula is C17H32BOY-. The molecule has 3 heteroatoms. The van der Waals surface area contributed by atoms with Gasteiger partial charge in [-0.05, 0) is 30.1 Å². The van der Waals surface area contributed by atoms with Crippen molar-refractivity contribution in [3.05, 3.63) is 6.92 Å². The van der Waals surface area contributed by atoms with Crippen molar-refractivity contribution in [1.82, 2.24) is 0 Å². The van der Waals surface area contributed by atoms with Crippen LogP contribution < -0.4 is 0 Å². The number of hydrogen-bond acceptors (Lipinski definition) is 1. The minimum absolute atomic E-state index is 0. The second-order valence-corrected chi connectivity index (χ2v) is 7.72. The molecule has 1 fully saturated rings. The van der Waals surface area contributed by atoms with Crippen molar-refractivity contribution in [1.29, 1.82) is 0 Å². The first-order chi connectivity index (χ1) is 8.72. The van der Waals surface area contributed by atoms with E-state index in [1.807, 2.05) is 0 Å². The molecule has 3 radical (unpaired) electrons. The van der Waals surface area contributed by atoms with Crippen LogP contribution in [0, 0.1) is 30.1 Å². The van der Waals surface area contributed by atoms with Crippen LogP contribution in [0.4, 0.5) is 0 Å². The number of ether oxygens (including phenoxy) is 1. The molecule has 0 saturated carbocycles. The predicted octanol–water partition coefficient (Wildman–Crippen LogP) is 4.67. The molecule has 20 heavy (non-hydrogen) atoms. The molecule has 113 valence electrons. The molecule has 0 aromatic heterocycles. The molecule has 4 unspecified atom stereocenters. The van der Waals surface area contributed by atoms with Gasteiger partial charge in [0.15, 0.2) is 0 Å². The minimum atomic E-state index is -0.164. The first kappa shape index (κ1) is 21.1. The summed E-state index contributed by atoms with van der Waals surface area (Å²) in [5, 5.41) is -0.164. The molecule has 0 aromatic carbocycles. The smallest absolute Gasteiger partial charge is 0.0751 e. The average Bonchev–Trinajstić information content (AvgIpc) is 2.27. The van der Waals surface area contributed by atoms with Crippen molar-refractivity contribution < 1.29 is 37.4 Å². The van der Waals surface area contributed by atoms with Crippen LogP contribution in [0.2, 0.25) is 5.31 Å². The Kier molecular flexibility index (Phi) is 9.17. The quantitative estimate of drug-likeness (QED) is 0.499. The van der Waals surface area contributed by atoms with Gasteiger partial charge in [-0.15, -0.1) is 0 Å². The molecule has 0 N–H and O–H groups in total. The summed E-state index contributed by atoms with van der Waals surface area (Å²) in [7, 11) is 6.81. The van der Waals surface area contributed by atoms with E-state index in [9.17, 15) is 0 Å². The Morgan fingerprint density at radius 3 is 2.45 bits per heavy atom. The third kappa shape index (κ3) is 5.40. The fourth-order valence-electron chi connectivity index (χ4n) is 3.84. The van der Waals surface area contributed by atoms with Crippen molar-refractivity contribution in [3.8, 4) is 0 Å². The molecular weight excluding hydrogens is 320 g/mol. The maximum atomic E-state index is 6.81. The molecule has 0 aromatic rings. The van der Waals surface area contributed by atoms with E-state index in [2.05, 4.69) is 41.5 Å². The van der Waals surface area contributed by atoms with Gasteiger partial charge >= 0.3 is 0 Å². The zero-order valence-corrected chi connectivity index (χ0v) is 17.1. The average molecular weight is 352 g/mol. The molecule has 1 rings (SSSR count). The molecule has 0 aliphatic carbocycles. The van der Waals surface area contributed by atoms with Gasteiger partial charge in [0.05, 0.1) is 14.5 Å². The van der Waals surface area contributed by atoms with Gasteiger partial charge in [0.1, 0.15) is 0 Å². The molecule has 1 saturated heterocycles. The largest absolute Gasteiger partial charge is 0.381 e. The van der Waals surface area contributed by atoms with E-state index in [1.54, 1.807) is 0 Å².